The van der Waals surface area contributed by atoms with Gasteiger partial charge in [0.2, 0.25) is 0 Å². The van der Waals surface area contributed by atoms with Crippen LogP contribution in [0.15, 0.2) is 41.2 Å². The summed E-state index contributed by atoms with van der Waals surface area (Å²) in [6, 6.07) is 11.4. The second kappa shape index (κ2) is 5.00. The number of rotatable bonds is 0. The monoisotopic (exact) mass is 350 g/mol. The minimum Gasteiger partial charge on any atom is -0.404 e. The molecule has 26 heavy (non-hydrogen) atoms. The lowest BCUT2D eigenvalue weighted by atomic mass is 10.0. The van der Waals surface area contributed by atoms with Crippen LogP contribution in [0.2, 0.25) is 0 Å². The third-order valence-corrected chi connectivity index (χ3v) is 4.94. The Morgan fingerprint density at radius 2 is 1.88 bits per heavy atom. The lowest BCUT2D eigenvalue weighted by Gasteiger charge is -2.21. The van der Waals surface area contributed by atoms with E-state index in [1.165, 1.54) is 4.57 Å². The topological polar surface area (TPSA) is 102 Å². The van der Waals surface area contributed by atoms with E-state index >= 15 is 0 Å². The number of hydrogen-bond donors (Lipinski definition) is 2. The number of esters is 1. The normalized spacial score (nSPS) is 17.2. The largest absolute Gasteiger partial charge is 0.404 e. The van der Waals surface area contributed by atoms with Gasteiger partial charge in [-0.1, -0.05) is 18.2 Å². The van der Waals surface area contributed by atoms with Crippen LogP contribution in [-0.2, 0) is 28.5 Å². The zero-order valence-electron chi connectivity index (χ0n) is 13.6. The number of aliphatic hydroxyl groups is 2. The summed E-state index contributed by atoms with van der Waals surface area (Å²) >= 11 is 0. The fourth-order valence-electron chi connectivity index (χ4n) is 3.77. The highest BCUT2D eigenvalue weighted by molar-refractivity contribution is 5.84. The summed E-state index contributed by atoms with van der Waals surface area (Å²) in [5, 5.41) is 21.3. The molecule has 4 heterocycles. The van der Waals surface area contributed by atoms with Gasteiger partial charge in [-0.25, -0.2) is 4.98 Å². The number of aromatic nitrogens is 2. The maximum atomic E-state index is 13.0. The molecule has 0 radical (unpaired) electrons. The lowest BCUT2D eigenvalue weighted by molar-refractivity contribution is -0.330. The average Bonchev–Trinajstić information content (AvgIpc) is 2.89. The van der Waals surface area contributed by atoms with Crippen LogP contribution in [0.5, 0.6) is 0 Å². The fourth-order valence-corrected chi connectivity index (χ4v) is 3.77. The molecule has 0 saturated heterocycles. The van der Waals surface area contributed by atoms with Crippen molar-refractivity contribution in [2.75, 3.05) is 0 Å². The van der Waals surface area contributed by atoms with Gasteiger partial charge in [-0.05, 0) is 30.2 Å². The van der Waals surface area contributed by atoms with E-state index in [4.69, 9.17) is 0 Å². The number of cyclic esters (lactones) is 1. The number of ether oxygens (including phenoxy) is 1. The average molecular weight is 350 g/mol. The summed E-state index contributed by atoms with van der Waals surface area (Å²) in [6.07, 6.45) is 0.166. The summed E-state index contributed by atoms with van der Waals surface area (Å²) in [7, 11) is 0. The molecule has 0 bridgehead atoms. The molecule has 0 amide bonds. The molecular weight excluding hydrogens is 336 g/mol. The van der Waals surface area contributed by atoms with E-state index in [-0.39, 0.29) is 24.9 Å². The Labute approximate surface area is 147 Å². The van der Waals surface area contributed by atoms with Gasteiger partial charge in [-0.3, -0.25) is 9.59 Å². The van der Waals surface area contributed by atoms with E-state index < -0.39 is 17.5 Å². The molecule has 0 atom stereocenters. The highest BCUT2D eigenvalue weighted by Crippen LogP contribution is 2.35. The number of carbonyl (C=O) groups is 1. The predicted molar refractivity (Wildman–Crippen MR) is 91.1 cm³/mol. The molecule has 0 aliphatic carbocycles. The molecule has 2 N–H and O–H groups in total. The molecule has 2 aromatic heterocycles. The van der Waals surface area contributed by atoms with Crippen molar-refractivity contribution in [3.63, 3.8) is 0 Å². The standard InChI is InChI=1S/C19H14N2O5/c22-15-6-5-11-8-14-17-12(7-10-3-1-2-4-13(10)20-17)9-21(14)18(23)16(11)19(24,25)26-15/h1-4,7-8,24-25H,5-6,9H2. The van der Waals surface area contributed by atoms with Crippen LogP contribution in [0.3, 0.4) is 0 Å². The fraction of sp³-hybridized carbons (Fsp3) is 0.211. The molecule has 0 spiro atoms. The highest BCUT2D eigenvalue weighted by atomic mass is 16.8. The van der Waals surface area contributed by atoms with Crippen LogP contribution in [-0.4, -0.2) is 25.7 Å². The van der Waals surface area contributed by atoms with Gasteiger partial charge in [-0.2, -0.15) is 0 Å². The van der Waals surface area contributed by atoms with E-state index in [1.807, 2.05) is 30.3 Å². The van der Waals surface area contributed by atoms with Crippen molar-refractivity contribution >= 4 is 16.9 Å². The van der Waals surface area contributed by atoms with Gasteiger partial charge in [0, 0.05) is 17.4 Å². The van der Waals surface area contributed by atoms with E-state index in [1.54, 1.807) is 6.07 Å². The Bertz CT molecular complexity index is 1160. The first-order chi connectivity index (χ1) is 12.4. The first-order valence-electron chi connectivity index (χ1n) is 8.27. The molecule has 0 unspecified atom stereocenters. The van der Waals surface area contributed by atoms with Crippen LogP contribution in [0.4, 0.5) is 0 Å². The van der Waals surface area contributed by atoms with E-state index in [9.17, 15) is 19.8 Å². The van der Waals surface area contributed by atoms with Crippen molar-refractivity contribution < 1.29 is 19.7 Å². The highest BCUT2D eigenvalue weighted by Gasteiger charge is 2.41. The second-order valence-electron chi connectivity index (χ2n) is 6.59. The first-order valence-corrected chi connectivity index (χ1v) is 8.27. The molecule has 7 heteroatoms. The van der Waals surface area contributed by atoms with Gasteiger partial charge in [0.05, 0.1) is 23.4 Å². The van der Waals surface area contributed by atoms with Gasteiger partial charge < -0.3 is 19.5 Å². The van der Waals surface area contributed by atoms with E-state index in [2.05, 4.69) is 9.72 Å². The summed E-state index contributed by atoms with van der Waals surface area (Å²) < 4.78 is 6.09. The SMILES string of the molecule is O=C1CCc2cc3n(c(=O)c2C(O)(O)O1)Cc1cc2ccccc2nc1-3. The zero-order chi connectivity index (χ0) is 18.1. The lowest BCUT2D eigenvalue weighted by Crippen LogP contribution is -2.39. The van der Waals surface area contributed by atoms with Crippen LogP contribution in [0.1, 0.15) is 23.1 Å². The van der Waals surface area contributed by atoms with Crippen molar-refractivity contribution in [2.45, 2.75) is 25.4 Å². The minimum atomic E-state index is -2.92. The molecule has 0 saturated carbocycles. The molecule has 0 fully saturated rings. The van der Waals surface area contributed by atoms with Gasteiger partial charge >= 0.3 is 11.9 Å². The third-order valence-electron chi connectivity index (χ3n) is 4.94. The van der Waals surface area contributed by atoms with Gasteiger partial charge in [0.25, 0.3) is 5.56 Å². The van der Waals surface area contributed by atoms with Gasteiger partial charge in [0.1, 0.15) is 5.56 Å². The maximum Gasteiger partial charge on any atom is 0.359 e. The van der Waals surface area contributed by atoms with Crippen LogP contribution < -0.4 is 5.56 Å². The number of fused-ring (bicyclic) bond motifs is 5. The maximum absolute atomic E-state index is 13.0. The first kappa shape index (κ1) is 15.2. The Balaban J connectivity index is 1.78. The minimum absolute atomic E-state index is 0.0310. The molecule has 1 aromatic carbocycles. The quantitative estimate of drug-likeness (QED) is 0.363. The predicted octanol–water partition coefficient (Wildman–Crippen LogP) is 1.01. The molecule has 7 nitrogen and oxygen atoms in total. The van der Waals surface area contributed by atoms with E-state index in [0.29, 0.717) is 17.0 Å². The molecule has 130 valence electrons. The number of para-hydroxylation sites is 1. The van der Waals surface area contributed by atoms with Crippen molar-refractivity contribution in [2.24, 2.45) is 0 Å². The molecule has 5 rings (SSSR count). The third kappa shape index (κ3) is 2.04. The van der Waals surface area contributed by atoms with E-state index in [0.717, 1.165) is 16.5 Å². The van der Waals surface area contributed by atoms with Crippen LogP contribution in [0.25, 0.3) is 22.3 Å². The van der Waals surface area contributed by atoms with Crippen molar-refractivity contribution in [1.82, 2.24) is 9.55 Å². The molecule has 2 aliphatic rings. The number of hydrogen-bond acceptors (Lipinski definition) is 6. The number of carbonyl (C=O) groups excluding carboxylic acids is 1. The number of aryl methyl sites for hydroxylation is 1. The summed E-state index contributed by atoms with van der Waals surface area (Å²) in [5.41, 5.74) is 2.52. The Kier molecular flexibility index (Phi) is 2.93. The Hall–Kier alpha value is -3.03. The van der Waals surface area contributed by atoms with Crippen LogP contribution >= 0.6 is 0 Å². The van der Waals surface area contributed by atoms with Gasteiger partial charge in [-0.15, -0.1) is 0 Å². The molecular formula is C19H14N2O5. The van der Waals surface area contributed by atoms with Crippen LogP contribution in [0, 0.1) is 0 Å². The molecule has 2 aliphatic heterocycles. The number of nitrogens with zero attached hydrogens (tertiary/aromatic N) is 2. The zero-order valence-corrected chi connectivity index (χ0v) is 13.6. The summed E-state index contributed by atoms with van der Waals surface area (Å²) in [6.45, 7) is 0.276. The van der Waals surface area contributed by atoms with Gasteiger partial charge in [0.15, 0.2) is 0 Å². The smallest absolute Gasteiger partial charge is 0.359 e. The number of pyridine rings is 2. The molecule has 3 aromatic rings. The van der Waals surface area contributed by atoms with Crippen molar-refractivity contribution in [3.05, 3.63) is 63.4 Å². The van der Waals surface area contributed by atoms with Crippen molar-refractivity contribution in [1.29, 1.82) is 0 Å². The second-order valence-corrected chi connectivity index (χ2v) is 6.59. The van der Waals surface area contributed by atoms with Crippen molar-refractivity contribution in [3.8, 4) is 11.4 Å². The Morgan fingerprint density at radius 3 is 2.73 bits per heavy atom. The summed E-state index contributed by atoms with van der Waals surface area (Å²) in [5.74, 6) is -3.69. The number of benzene rings is 1. The Morgan fingerprint density at radius 1 is 1.08 bits per heavy atom. The summed E-state index contributed by atoms with van der Waals surface area (Å²) in [4.78, 5) is 29.3.